The van der Waals surface area contributed by atoms with Crippen LogP contribution in [0.5, 0.6) is 0 Å². The Kier molecular flexibility index (Phi) is 2.57. The van der Waals surface area contributed by atoms with E-state index in [0.717, 1.165) is 19.3 Å². The number of nitrogens with two attached hydrogens (primary N) is 1. The fourth-order valence-corrected chi connectivity index (χ4v) is 2.45. The lowest BCUT2D eigenvalue weighted by Gasteiger charge is -2.32. The highest BCUT2D eigenvalue weighted by molar-refractivity contribution is 5.26. The van der Waals surface area contributed by atoms with E-state index in [2.05, 4.69) is 12.1 Å². The van der Waals surface area contributed by atoms with Crippen LogP contribution in [0, 0.1) is 0 Å². The average Bonchev–Trinajstić information content (AvgIpc) is 2.62. The van der Waals surface area contributed by atoms with Crippen molar-refractivity contribution in [1.82, 2.24) is 0 Å². The van der Waals surface area contributed by atoms with Gasteiger partial charge in [-0.15, -0.1) is 0 Å². The molecule has 0 unspecified atom stereocenters. The molecule has 1 fully saturated rings. The highest BCUT2D eigenvalue weighted by Crippen LogP contribution is 2.40. The number of methoxy groups -OCH3 is 1. The highest BCUT2D eigenvalue weighted by atomic mass is 16.5. The molecule has 2 atom stereocenters. The second kappa shape index (κ2) is 3.71. The van der Waals surface area contributed by atoms with Crippen LogP contribution < -0.4 is 5.73 Å². The second-order valence-electron chi connectivity index (χ2n) is 3.96. The Bertz CT molecular complexity index is 298. The van der Waals surface area contributed by atoms with Crippen molar-refractivity contribution < 1.29 is 4.74 Å². The summed E-state index contributed by atoms with van der Waals surface area (Å²) >= 11 is 0. The first kappa shape index (κ1) is 9.69. The zero-order valence-corrected chi connectivity index (χ0v) is 8.57. The summed E-state index contributed by atoms with van der Waals surface area (Å²) in [6.45, 7) is 0. The summed E-state index contributed by atoms with van der Waals surface area (Å²) in [6, 6.07) is 10.5. The molecule has 0 bridgehead atoms. The standard InChI is InChI=1S/C12H17NO/c1-14-12(9-5-8-11(12)13)10-6-3-2-4-7-10/h2-4,6-7,11H,5,8-9,13H2,1H3/t11-,12+/m1/s1. The van der Waals surface area contributed by atoms with Crippen LogP contribution >= 0.6 is 0 Å². The molecule has 0 radical (unpaired) electrons. The van der Waals surface area contributed by atoms with E-state index in [0.29, 0.717) is 0 Å². The van der Waals surface area contributed by atoms with Crippen LogP contribution in [0.15, 0.2) is 30.3 Å². The van der Waals surface area contributed by atoms with Gasteiger partial charge in [-0.2, -0.15) is 0 Å². The van der Waals surface area contributed by atoms with Crippen LogP contribution in [0.1, 0.15) is 24.8 Å². The third-order valence-corrected chi connectivity index (χ3v) is 3.29. The molecule has 1 saturated carbocycles. The van der Waals surface area contributed by atoms with Crippen LogP contribution in [0.2, 0.25) is 0 Å². The van der Waals surface area contributed by atoms with Gasteiger partial charge in [-0.1, -0.05) is 30.3 Å². The van der Waals surface area contributed by atoms with Gasteiger partial charge in [0.1, 0.15) is 5.60 Å². The van der Waals surface area contributed by atoms with Crippen LogP contribution in [-0.4, -0.2) is 13.2 Å². The fraction of sp³-hybridized carbons (Fsp3) is 0.500. The largest absolute Gasteiger partial charge is 0.372 e. The number of rotatable bonds is 2. The Morgan fingerprint density at radius 3 is 2.57 bits per heavy atom. The van der Waals surface area contributed by atoms with Gasteiger partial charge >= 0.3 is 0 Å². The lowest BCUT2D eigenvalue weighted by Crippen LogP contribution is -2.42. The summed E-state index contributed by atoms with van der Waals surface area (Å²) in [5, 5.41) is 0. The zero-order chi connectivity index (χ0) is 10.0. The maximum absolute atomic E-state index is 6.13. The van der Waals surface area contributed by atoms with Crippen molar-refractivity contribution in [2.24, 2.45) is 5.73 Å². The van der Waals surface area contributed by atoms with E-state index in [1.165, 1.54) is 5.56 Å². The number of hydrogen-bond acceptors (Lipinski definition) is 2. The lowest BCUT2D eigenvalue weighted by atomic mass is 9.89. The summed E-state index contributed by atoms with van der Waals surface area (Å²) in [5.41, 5.74) is 7.11. The quantitative estimate of drug-likeness (QED) is 0.776. The maximum atomic E-state index is 6.13. The average molecular weight is 191 g/mol. The molecule has 0 heterocycles. The van der Waals surface area contributed by atoms with Crippen molar-refractivity contribution in [3.8, 4) is 0 Å². The highest BCUT2D eigenvalue weighted by Gasteiger charge is 2.42. The minimum Gasteiger partial charge on any atom is -0.372 e. The Labute approximate surface area is 85.1 Å². The molecule has 14 heavy (non-hydrogen) atoms. The van der Waals surface area contributed by atoms with E-state index in [9.17, 15) is 0 Å². The molecule has 2 nitrogen and oxygen atoms in total. The predicted octanol–water partition coefficient (Wildman–Crippen LogP) is 2.04. The first-order chi connectivity index (χ1) is 6.79. The Hall–Kier alpha value is -0.860. The van der Waals surface area contributed by atoms with Gasteiger partial charge in [0.25, 0.3) is 0 Å². The van der Waals surface area contributed by atoms with E-state index in [1.807, 2.05) is 18.2 Å². The monoisotopic (exact) mass is 191 g/mol. The lowest BCUT2D eigenvalue weighted by molar-refractivity contribution is -0.0216. The predicted molar refractivity (Wildman–Crippen MR) is 57.0 cm³/mol. The van der Waals surface area contributed by atoms with Crippen molar-refractivity contribution in [3.63, 3.8) is 0 Å². The smallest absolute Gasteiger partial charge is 0.108 e. The Morgan fingerprint density at radius 1 is 1.36 bits per heavy atom. The molecule has 0 amide bonds. The van der Waals surface area contributed by atoms with Gasteiger partial charge in [0.2, 0.25) is 0 Å². The molecule has 2 N–H and O–H groups in total. The van der Waals surface area contributed by atoms with Crippen LogP contribution in [0.3, 0.4) is 0 Å². The van der Waals surface area contributed by atoms with Gasteiger partial charge in [0.15, 0.2) is 0 Å². The molecular formula is C12H17NO. The molecule has 0 spiro atoms. The van der Waals surface area contributed by atoms with Gasteiger partial charge < -0.3 is 10.5 Å². The summed E-state index contributed by atoms with van der Waals surface area (Å²) in [7, 11) is 1.76. The van der Waals surface area contributed by atoms with Gasteiger partial charge in [-0.05, 0) is 24.8 Å². The van der Waals surface area contributed by atoms with E-state index >= 15 is 0 Å². The van der Waals surface area contributed by atoms with Gasteiger partial charge in [-0.3, -0.25) is 0 Å². The van der Waals surface area contributed by atoms with Crippen molar-refractivity contribution in [3.05, 3.63) is 35.9 Å². The molecule has 1 aromatic carbocycles. The van der Waals surface area contributed by atoms with Gasteiger partial charge in [-0.25, -0.2) is 0 Å². The Balaban J connectivity index is 2.38. The first-order valence-electron chi connectivity index (χ1n) is 5.16. The zero-order valence-electron chi connectivity index (χ0n) is 8.57. The molecule has 0 aromatic heterocycles. The molecule has 1 aliphatic rings. The molecule has 2 rings (SSSR count). The topological polar surface area (TPSA) is 35.2 Å². The summed E-state index contributed by atoms with van der Waals surface area (Å²) in [4.78, 5) is 0. The minimum atomic E-state index is -0.235. The SMILES string of the molecule is CO[C@]1(c2ccccc2)CCC[C@H]1N. The van der Waals surface area contributed by atoms with Crippen LogP contribution in [0.4, 0.5) is 0 Å². The molecule has 1 aliphatic carbocycles. The molecular weight excluding hydrogens is 174 g/mol. The maximum Gasteiger partial charge on any atom is 0.108 e. The van der Waals surface area contributed by atoms with E-state index < -0.39 is 0 Å². The molecule has 1 aromatic rings. The van der Waals surface area contributed by atoms with Crippen LogP contribution in [-0.2, 0) is 10.3 Å². The third-order valence-electron chi connectivity index (χ3n) is 3.29. The summed E-state index contributed by atoms with van der Waals surface area (Å²) in [6.07, 6.45) is 3.25. The fourth-order valence-electron chi connectivity index (χ4n) is 2.45. The second-order valence-corrected chi connectivity index (χ2v) is 3.96. The first-order valence-corrected chi connectivity index (χ1v) is 5.16. The molecule has 0 aliphatic heterocycles. The number of ether oxygens (including phenoxy) is 1. The van der Waals surface area contributed by atoms with Crippen molar-refractivity contribution in [2.75, 3.05) is 7.11 Å². The van der Waals surface area contributed by atoms with Crippen molar-refractivity contribution in [1.29, 1.82) is 0 Å². The van der Waals surface area contributed by atoms with E-state index in [4.69, 9.17) is 10.5 Å². The molecule has 0 saturated heterocycles. The van der Waals surface area contributed by atoms with E-state index in [1.54, 1.807) is 7.11 Å². The Morgan fingerprint density at radius 2 is 2.07 bits per heavy atom. The van der Waals surface area contributed by atoms with Gasteiger partial charge in [0.05, 0.1) is 0 Å². The molecule has 76 valence electrons. The summed E-state index contributed by atoms with van der Waals surface area (Å²) < 4.78 is 5.67. The van der Waals surface area contributed by atoms with Crippen LogP contribution in [0.25, 0.3) is 0 Å². The summed E-state index contributed by atoms with van der Waals surface area (Å²) in [5.74, 6) is 0. The normalized spacial score (nSPS) is 32.0. The van der Waals surface area contributed by atoms with Crippen molar-refractivity contribution in [2.45, 2.75) is 30.9 Å². The number of benzene rings is 1. The van der Waals surface area contributed by atoms with Crippen molar-refractivity contribution >= 4 is 0 Å². The number of hydrogen-bond donors (Lipinski definition) is 1. The third kappa shape index (κ3) is 1.35. The minimum absolute atomic E-state index is 0.134. The van der Waals surface area contributed by atoms with E-state index in [-0.39, 0.29) is 11.6 Å². The van der Waals surface area contributed by atoms with Gasteiger partial charge in [0, 0.05) is 13.2 Å². The molecule has 2 heteroatoms.